The molecule has 2 heterocycles. The molecule has 0 radical (unpaired) electrons. The van der Waals surface area contributed by atoms with E-state index < -0.39 is 18.0 Å². The molecule has 2 atom stereocenters. The van der Waals surface area contributed by atoms with E-state index in [0.717, 1.165) is 15.3 Å². The Morgan fingerprint density at radius 1 is 1.20 bits per heavy atom. The van der Waals surface area contributed by atoms with Gasteiger partial charge in [0, 0.05) is 21.9 Å². The summed E-state index contributed by atoms with van der Waals surface area (Å²) in [5, 5.41) is 2.80. The molecule has 130 valence electrons. The maximum atomic E-state index is 12.6. The van der Waals surface area contributed by atoms with Gasteiger partial charge in [-0.3, -0.25) is 4.79 Å². The smallest absolute Gasteiger partial charge is 0.341 e. The van der Waals surface area contributed by atoms with Gasteiger partial charge >= 0.3 is 12.0 Å². The molecule has 1 aromatic carbocycles. The van der Waals surface area contributed by atoms with E-state index in [0.29, 0.717) is 18.7 Å². The van der Waals surface area contributed by atoms with Gasteiger partial charge in [0.25, 0.3) is 0 Å². The lowest BCUT2D eigenvalue weighted by atomic mass is 9.92. The second kappa shape index (κ2) is 7.61. The van der Waals surface area contributed by atoms with Gasteiger partial charge in [-0.1, -0.05) is 30.3 Å². The molecular weight excluding hydrogens is 336 g/mol. The number of rotatable bonds is 5. The highest BCUT2D eigenvalue weighted by molar-refractivity contribution is 7.12. The first-order valence-corrected chi connectivity index (χ1v) is 8.99. The number of thiophene rings is 1. The normalized spacial score (nSPS) is 19.9. The molecule has 1 aliphatic rings. The van der Waals surface area contributed by atoms with E-state index >= 15 is 0 Å². The highest BCUT2D eigenvalue weighted by atomic mass is 32.1. The monoisotopic (exact) mass is 356 g/mol. The molecule has 0 saturated heterocycles. The van der Waals surface area contributed by atoms with Gasteiger partial charge in [-0.05, 0) is 31.5 Å². The van der Waals surface area contributed by atoms with Crippen LogP contribution in [0.3, 0.4) is 0 Å². The van der Waals surface area contributed by atoms with E-state index in [9.17, 15) is 9.59 Å². The summed E-state index contributed by atoms with van der Waals surface area (Å²) in [5.41, 5.74) is 1.60. The van der Waals surface area contributed by atoms with Gasteiger partial charge in [-0.2, -0.15) is 0 Å². The average molecular weight is 356 g/mol. The zero-order valence-electron chi connectivity index (χ0n) is 14.2. The van der Waals surface area contributed by atoms with E-state index in [4.69, 9.17) is 4.74 Å². The first-order chi connectivity index (χ1) is 12.0. The Hall–Kier alpha value is -2.47. The SMILES string of the molecule is CC1=NC(=O)NC(c2ccc(C)s2)C1C(=O)OCCc1ccccc1. The van der Waals surface area contributed by atoms with Crippen molar-refractivity contribution in [3.05, 3.63) is 57.8 Å². The molecule has 2 aromatic rings. The fourth-order valence-corrected chi connectivity index (χ4v) is 3.85. The summed E-state index contributed by atoms with van der Waals surface area (Å²) in [4.78, 5) is 30.4. The summed E-state index contributed by atoms with van der Waals surface area (Å²) in [5.74, 6) is -0.945. The van der Waals surface area contributed by atoms with Crippen LogP contribution in [0.5, 0.6) is 0 Å². The third-order valence-corrected chi connectivity index (χ3v) is 5.22. The molecule has 0 saturated carbocycles. The lowest BCUT2D eigenvalue weighted by molar-refractivity contribution is -0.146. The number of nitrogens with zero attached hydrogens (tertiary/aromatic N) is 1. The molecule has 0 aliphatic carbocycles. The van der Waals surface area contributed by atoms with Gasteiger partial charge in [0.2, 0.25) is 0 Å². The van der Waals surface area contributed by atoms with Crippen molar-refractivity contribution < 1.29 is 14.3 Å². The minimum atomic E-state index is -0.591. The fraction of sp³-hybridized carbons (Fsp3) is 0.316. The second-order valence-electron chi connectivity index (χ2n) is 6.01. The Morgan fingerprint density at radius 2 is 1.96 bits per heavy atom. The molecule has 5 nitrogen and oxygen atoms in total. The number of ether oxygens (including phenoxy) is 1. The van der Waals surface area contributed by atoms with Crippen molar-refractivity contribution in [2.75, 3.05) is 6.61 Å². The molecule has 2 amide bonds. The summed E-state index contributed by atoms with van der Waals surface area (Å²) in [6.45, 7) is 4.00. The summed E-state index contributed by atoms with van der Waals surface area (Å²) in [6.07, 6.45) is 0.657. The number of benzene rings is 1. The maximum Gasteiger partial charge on any atom is 0.341 e. The average Bonchev–Trinajstić information content (AvgIpc) is 3.01. The molecular formula is C19H20N2O3S. The van der Waals surface area contributed by atoms with Crippen LogP contribution in [0.25, 0.3) is 0 Å². The van der Waals surface area contributed by atoms with Crippen LogP contribution in [0.15, 0.2) is 47.5 Å². The highest BCUT2D eigenvalue weighted by Gasteiger charge is 2.38. The summed E-state index contributed by atoms with van der Waals surface area (Å²) < 4.78 is 5.48. The van der Waals surface area contributed by atoms with Gasteiger partial charge in [0.1, 0.15) is 5.92 Å². The quantitative estimate of drug-likeness (QED) is 0.831. The number of aryl methyl sites for hydroxylation is 1. The number of hydrogen-bond donors (Lipinski definition) is 1. The molecule has 0 fully saturated rings. The maximum absolute atomic E-state index is 12.6. The van der Waals surface area contributed by atoms with Crippen molar-refractivity contribution in [1.29, 1.82) is 0 Å². The predicted molar refractivity (Wildman–Crippen MR) is 98.0 cm³/mol. The van der Waals surface area contributed by atoms with Crippen molar-refractivity contribution in [1.82, 2.24) is 5.32 Å². The Bertz CT molecular complexity index is 798. The summed E-state index contributed by atoms with van der Waals surface area (Å²) in [7, 11) is 0. The highest BCUT2D eigenvalue weighted by Crippen LogP contribution is 2.32. The number of hydrogen-bond acceptors (Lipinski definition) is 4. The van der Waals surface area contributed by atoms with Gasteiger partial charge in [0.15, 0.2) is 0 Å². The molecule has 6 heteroatoms. The molecule has 0 spiro atoms. The molecule has 3 rings (SSSR count). The first-order valence-electron chi connectivity index (χ1n) is 8.17. The zero-order valence-corrected chi connectivity index (χ0v) is 15.0. The van der Waals surface area contributed by atoms with E-state index in [1.165, 1.54) is 0 Å². The summed E-state index contributed by atoms with van der Waals surface area (Å²) >= 11 is 1.56. The number of urea groups is 1. The van der Waals surface area contributed by atoms with Crippen molar-refractivity contribution >= 4 is 29.0 Å². The zero-order chi connectivity index (χ0) is 17.8. The van der Waals surface area contributed by atoms with E-state index in [1.807, 2.05) is 49.4 Å². The number of esters is 1. The second-order valence-corrected chi connectivity index (χ2v) is 7.33. The molecule has 0 bridgehead atoms. The molecule has 25 heavy (non-hydrogen) atoms. The van der Waals surface area contributed by atoms with Crippen LogP contribution in [0.4, 0.5) is 4.79 Å². The number of aliphatic imine (C=N–C) groups is 1. The number of carbonyl (C=O) groups excluding carboxylic acids is 2. The molecule has 1 N–H and O–H groups in total. The number of carbonyl (C=O) groups is 2. The van der Waals surface area contributed by atoms with E-state index in [2.05, 4.69) is 10.3 Å². The van der Waals surface area contributed by atoms with Crippen LogP contribution >= 0.6 is 11.3 Å². The van der Waals surface area contributed by atoms with Gasteiger partial charge in [-0.25, -0.2) is 9.79 Å². The van der Waals surface area contributed by atoms with Gasteiger partial charge in [0.05, 0.1) is 12.6 Å². The topological polar surface area (TPSA) is 67.8 Å². The Morgan fingerprint density at radius 3 is 2.64 bits per heavy atom. The standard InChI is InChI=1S/C19H20N2O3S/c1-12-8-9-15(25-12)17-16(13(2)20-19(23)21-17)18(22)24-11-10-14-6-4-3-5-7-14/h3-9,16-17H,10-11H2,1-2H3,(H,21,23). The third-order valence-electron chi connectivity index (χ3n) is 4.14. The molecule has 1 aliphatic heterocycles. The van der Waals surface area contributed by atoms with Crippen LogP contribution < -0.4 is 5.32 Å². The van der Waals surface area contributed by atoms with Crippen LogP contribution in [0.2, 0.25) is 0 Å². The fourth-order valence-electron chi connectivity index (χ4n) is 2.89. The lowest BCUT2D eigenvalue weighted by Gasteiger charge is -2.28. The van der Waals surface area contributed by atoms with Crippen LogP contribution in [-0.4, -0.2) is 24.3 Å². The van der Waals surface area contributed by atoms with E-state index in [1.54, 1.807) is 18.3 Å². The molecule has 1 aromatic heterocycles. The van der Waals surface area contributed by atoms with Gasteiger partial charge < -0.3 is 10.1 Å². The van der Waals surface area contributed by atoms with Gasteiger partial charge in [-0.15, -0.1) is 11.3 Å². The van der Waals surface area contributed by atoms with Crippen molar-refractivity contribution in [3.63, 3.8) is 0 Å². The lowest BCUT2D eigenvalue weighted by Crippen LogP contribution is -2.44. The summed E-state index contributed by atoms with van der Waals surface area (Å²) in [6, 6.07) is 12.9. The number of amides is 2. The number of nitrogens with one attached hydrogen (secondary N) is 1. The van der Waals surface area contributed by atoms with Crippen molar-refractivity contribution in [3.8, 4) is 0 Å². The van der Waals surface area contributed by atoms with Crippen molar-refractivity contribution in [2.45, 2.75) is 26.3 Å². The molecule has 2 unspecified atom stereocenters. The predicted octanol–water partition coefficient (Wildman–Crippen LogP) is 3.68. The minimum absolute atomic E-state index is 0.302. The van der Waals surface area contributed by atoms with Crippen LogP contribution in [0, 0.1) is 12.8 Å². The minimum Gasteiger partial charge on any atom is -0.465 e. The van der Waals surface area contributed by atoms with Crippen LogP contribution in [-0.2, 0) is 16.0 Å². The van der Waals surface area contributed by atoms with Crippen LogP contribution in [0.1, 0.15) is 28.3 Å². The van der Waals surface area contributed by atoms with Crippen molar-refractivity contribution in [2.24, 2.45) is 10.9 Å². The third kappa shape index (κ3) is 4.14. The largest absolute Gasteiger partial charge is 0.465 e. The Balaban J connectivity index is 1.71. The Labute approximate surface area is 150 Å². The first kappa shape index (κ1) is 17.4. The van der Waals surface area contributed by atoms with E-state index in [-0.39, 0.29) is 5.97 Å². The Kier molecular flexibility index (Phi) is 5.28.